The van der Waals surface area contributed by atoms with Crippen LogP contribution in [0.4, 0.5) is 0 Å². The number of thiazole rings is 1. The molecule has 3 aromatic rings. The number of carbonyl (C=O) groups excluding carboxylic acids is 1. The lowest BCUT2D eigenvalue weighted by Crippen LogP contribution is -2.12. The van der Waals surface area contributed by atoms with E-state index < -0.39 is 0 Å². The van der Waals surface area contributed by atoms with Crippen LogP contribution in [0, 0.1) is 0 Å². The second-order valence-electron chi connectivity index (χ2n) is 5.95. The fourth-order valence-electron chi connectivity index (χ4n) is 2.54. The molecular weight excluding hydrogens is 320 g/mol. The van der Waals surface area contributed by atoms with Gasteiger partial charge in [0, 0.05) is 37.1 Å². The molecule has 0 saturated heterocycles. The van der Waals surface area contributed by atoms with E-state index >= 15 is 0 Å². The Kier molecular flexibility index (Phi) is 5.17. The fraction of sp³-hybridized carbons (Fsp3) is 0.278. The number of hydrogen-bond acceptors (Lipinski definition) is 5. The SMILES string of the molecule is CN(C)Cc1csc(CC(=O)c2cccn2Cc2ccncc2)n1. The highest BCUT2D eigenvalue weighted by Crippen LogP contribution is 2.15. The van der Waals surface area contributed by atoms with Gasteiger partial charge < -0.3 is 9.47 Å². The Bertz CT molecular complexity index is 807. The number of rotatable bonds is 7. The Balaban J connectivity index is 1.69. The summed E-state index contributed by atoms with van der Waals surface area (Å²) in [5.41, 5.74) is 2.86. The summed E-state index contributed by atoms with van der Waals surface area (Å²) >= 11 is 1.55. The van der Waals surface area contributed by atoms with Gasteiger partial charge in [0.1, 0.15) is 5.01 Å². The Morgan fingerprint density at radius 3 is 2.79 bits per heavy atom. The number of Topliss-reactive ketones (excluding diaryl/α,β-unsaturated/α-hetero) is 1. The molecule has 0 spiro atoms. The molecule has 3 heterocycles. The van der Waals surface area contributed by atoms with E-state index in [0.29, 0.717) is 13.0 Å². The molecule has 124 valence electrons. The van der Waals surface area contributed by atoms with Gasteiger partial charge in [-0.3, -0.25) is 9.78 Å². The smallest absolute Gasteiger partial charge is 0.186 e. The molecule has 3 rings (SSSR count). The van der Waals surface area contributed by atoms with E-state index in [2.05, 4.69) is 14.9 Å². The molecule has 5 nitrogen and oxygen atoms in total. The highest BCUT2D eigenvalue weighted by atomic mass is 32.1. The number of ketones is 1. The van der Waals surface area contributed by atoms with Gasteiger partial charge in [0.25, 0.3) is 0 Å². The first-order chi connectivity index (χ1) is 11.6. The van der Waals surface area contributed by atoms with Crippen molar-refractivity contribution < 1.29 is 4.79 Å². The summed E-state index contributed by atoms with van der Waals surface area (Å²) in [6.07, 6.45) is 5.82. The molecule has 0 atom stereocenters. The van der Waals surface area contributed by atoms with Gasteiger partial charge in [-0.1, -0.05) is 0 Å². The van der Waals surface area contributed by atoms with Crippen LogP contribution in [0.15, 0.2) is 48.2 Å². The predicted molar refractivity (Wildman–Crippen MR) is 95.3 cm³/mol. The van der Waals surface area contributed by atoms with Gasteiger partial charge in [-0.2, -0.15) is 0 Å². The molecule has 0 aromatic carbocycles. The van der Waals surface area contributed by atoms with Crippen LogP contribution >= 0.6 is 11.3 Å². The second-order valence-corrected chi connectivity index (χ2v) is 6.89. The molecule has 0 radical (unpaired) electrons. The first-order valence-corrected chi connectivity index (χ1v) is 8.65. The van der Waals surface area contributed by atoms with Crippen molar-refractivity contribution in [1.29, 1.82) is 0 Å². The Labute approximate surface area is 145 Å². The monoisotopic (exact) mass is 340 g/mol. The lowest BCUT2D eigenvalue weighted by molar-refractivity contribution is 0.0984. The summed E-state index contributed by atoms with van der Waals surface area (Å²) in [6, 6.07) is 7.71. The Morgan fingerprint density at radius 2 is 2.04 bits per heavy atom. The standard InChI is InChI=1S/C18H20N4OS/c1-21(2)12-15-13-24-18(20-15)10-17(23)16-4-3-9-22(16)11-14-5-7-19-8-6-14/h3-9,13H,10-12H2,1-2H3. The largest absolute Gasteiger partial charge is 0.341 e. The molecule has 3 aromatic heterocycles. The fourth-order valence-corrected chi connectivity index (χ4v) is 3.33. The minimum atomic E-state index is 0.0970. The molecular formula is C18H20N4OS. The average Bonchev–Trinajstić information content (AvgIpc) is 3.17. The van der Waals surface area contributed by atoms with Gasteiger partial charge in [0.05, 0.1) is 17.8 Å². The molecule has 0 N–H and O–H groups in total. The zero-order valence-corrected chi connectivity index (χ0v) is 14.7. The van der Waals surface area contributed by atoms with Gasteiger partial charge >= 0.3 is 0 Å². The van der Waals surface area contributed by atoms with Crippen LogP contribution in [0.3, 0.4) is 0 Å². The summed E-state index contributed by atoms with van der Waals surface area (Å²) in [5.74, 6) is 0.0970. The summed E-state index contributed by atoms with van der Waals surface area (Å²) in [6.45, 7) is 1.46. The van der Waals surface area contributed by atoms with Crippen LogP contribution in [0.2, 0.25) is 0 Å². The molecule has 0 amide bonds. The number of hydrogen-bond donors (Lipinski definition) is 0. The second kappa shape index (κ2) is 7.51. The van der Waals surface area contributed by atoms with Crippen LogP contribution in [0.5, 0.6) is 0 Å². The van der Waals surface area contributed by atoms with Crippen molar-refractivity contribution in [1.82, 2.24) is 19.4 Å². The number of aromatic nitrogens is 3. The Morgan fingerprint density at radius 1 is 1.25 bits per heavy atom. The van der Waals surface area contributed by atoms with Crippen molar-refractivity contribution >= 4 is 17.1 Å². The summed E-state index contributed by atoms with van der Waals surface area (Å²) in [7, 11) is 4.02. The van der Waals surface area contributed by atoms with Crippen LogP contribution in [0.1, 0.15) is 26.8 Å². The van der Waals surface area contributed by atoms with Crippen LogP contribution in [-0.4, -0.2) is 39.3 Å². The third-order valence-corrected chi connectivity index (χ3v) is 4.50. The molecule has 6 heteroatoms. The van der Waals surface area contributed by atoms with E-state index in [1.54, 1.807) is 23.7 Å². The molecule has 24 heavy (non-hydrogen) atoms. The van der Waals surface area contributed by atoms with E-state index in [9.17, 15) is 4.79 Å². The minimum Gasteiger partial charge on any atom is -0.341 e. The van der Waals surface area contributed by atoms with Gasteiger partial charge in [0.2, 0.25) is 0 Å². The lowest BCUT2D eigenvalue weighted by atomic mass is 10.2. The van der Waals surface area contributed by atoms with Gasteiger partial charge in [-0.05, 0) is 43.9 Å². The van der Waals surface area contributed by atoms with Crippen molar-refractivity contribution in [2.75, 3.05) is 14.1 Å². The highest BCUT2D eigenvalue weighted by molar-refractivity contribution is 7.09. The van der Waals surface area contributed by atoms with Crippen molar-refractivity contribution in [2.24, 2.45) is 0 Å². The number of carbonyl (C=O) groups is 1. The van der Waals surface area contributed by atoms with E-state index in [1.807, 2.05) is 54.5 Å². The van der Waals surface area contributed by atoms with E-state index in [1.165, 1.54) is 0 Å². The number of pyridine rings is 1. The molecule has 0 unspecified atom stereocenters. The third kappa shape index (κ3) is 4.15. The predicted octanol–water partition coefficient (Wildman–Crippen LogP) is 2.87. The van der Waals surface area contributed by atoms with E-state index in [0.717, 1.165) is 28.5 Å². The Hall–Kier alpha value is -2.31. The summed E-state index contributed by atoms with van der Waals surface area (Å²) in [5, 5.41) is 2.90. The molecule has 0 fully saturated rings. The quantitative estimate of drug-likeness (QED) is 0.621. The van der Waals surface area contributed by atoms with Gasteiger partial charge in [-0.15, -0.1) is 11.3 Å². The summed E-state index contributed by atoms with van der Waals surface area (Å²) < 4.78 is 1.98. The molecule has 0 bridgehead atoms. The molecule has 0 aliphatic carbocycles. The molecule has 0 aliphatic rings. The first kappa shape index (κ1) is 16.5. The third-order valence-electron chi connectivity index (χ3n) is 3.61. The zero-order chi connectivity index (χ0) is 16.9. The maximum absolute atomic E-state index is 12.6. The number of nitrogens with zero attached hydrogens (tertiary/aromatic N) is 4. The van der Waals surface area contributed by atoms with Crippen molar-refractivity contribution in [3.63, 3.8) is 0 Å². The van der Waals surface area contributed by atoms with Crippen LogP contribution < -0.4 is 0 Å². The maximum atomic E-state index is 12.6. The average molecular weight is 340 g/mol. The molecule has 0 saturated carbocycles. The zero-order valence-electron chi connectivity index (χ0n) is 13.8. The van der Waals surface area contributed by atoms with E-state index in [-0.39, 0.29) is 5.78 Å². The van der Waals surface area contributed by atoms with Gasteiger partial charge in [0.15, 0.2) is 5.78 Å². The summed E-state index contributed by atoms with van der Waals surface area (Å²) in [4.78, 5) is 23.3. The normalized spacial score (nSPS) is 11.1. The van der Waals surface area contributed by atoms with Gasteiger partial charge in [-0.25, -0.2) is 4.98 Å². The van der Waals surface area contributed by atoms with Crippen molar-refractivity contribution in [3.05, 3.63) is 70.2 Å². The van der Waals surface area contributed by atoms with E-state index in [4.69, 9.17) is 0 Å². The minimum absolute atomic E-state index is 0.0970. The molecule has 0 aliphatic heterocycles. The van der Waals surface area contributed by atoms with Crippen molar-refractivity contribution in [3.8, 4) is 0 Å². The lowest BCUT2D eigenvalue weighted by Gasteiger charge is -2.08. The van der Waals surface area contributed by atoms with Crippen LogP contribution in [-0.2, 0) is 19.5 Å². The first-order valence-electron chi connectivity index (χ1n) is 7.77. The maximum Gasteiger partial charge on any atom is 0.186 e. The highest BCUT2D eigenvalue weighted by Gasteiger charge is 2.14. The topological polar surface area (TPSA) is 51.0 Å². The van der Waals surface area contributed by atoms with Crippen LogP contribution in [0.25, 0.3) is 0 Å². The van der Waals surface area contributed by atoms with Crippen molar-refractivity contribution in [2.45, 2.75) is 19.5 Å².